The molecule has 17 heteroatoms. The number of aliphatic hydroxyl groups excluding tert-OH is 2. The average Bonchev–Trinajstić information content (AvgIpc) is 3.71. The summed E-state index contributed by atoms with van der Waals surface area (Å²) in [6, 6.07) is 5.41. The maximum atomic E-state index is 13.4. The Morgan fingerprint density at radius 2 is 1.81 bits per heavy atom. The van der Waals surface area contributed by atoms with Gasteiger partial charge < -0.3 is 25.6 Å². The van der Waals surface area contributed by atoms with Crippen LogP contribution >= 0.6 is 11.3 Å². The number of nitrogens with one attached hydrogen (secondary N) is 2. The summed E-state index contributed by atoms with van der Waals surface area (Å²) in [4.78, 5) is 18.4. The standard InChI is InChI=1S/C30H32F4N6O5S2/c1-15-22(28-39-24-21(46-28)8-9-35-23(24)16-2-3-16)27(40-29(37-15)36-10-11-45-14-30(32,33)34)38-20-12-17(25(41)26(20)42)13-47(43,44)19-6-4-18(31)5-7-19/h4-9,16-17,20,25-26,41-42H,2-3,10-14H2,1H3,(H2,36,37,38,40)/t17-,20?,25-,26+/m1/s1. The number of rotatable bonds is 12. The lowest BCUT2D eigenvalue weighted by Gasteiger charge is -2.21. The molecule has 2 aliphatic rings. The molecule has 2 saturated carbocycles. The van der Waals surface area contributed by atoms with Crippen molar-refractivity contribution in [2.75, 3.05) is 36.1 Å². The Labute approximate surface area is 271 Å². The predicted octanol–water partition coefficient (Wildman–Crippen LogP) is 4.46. The molecule has 0 spiro atoms. The quantitative estimate of drug-likeness (QED) is 0.0942. The summed E-state index contributed by atoms with van der Waals surface area (Å²) in [5.74, 6) is -1.28. The molecule has 4 aromatic rings. The molecule has 4 atom stereocenters. The molecule has 1 unspecified atom stereocenters. The molecule has 6 rings (SSSR count). The van der Waals surface area contributed by atoms with Crippen LogP contribution in [0, 0.1) is 18.7 Å². The highest BCUT2D eigenvalue weighted by Gasteiger charge is 2.44. The van der Waals surface area contributed by atoms with Crippen molar-refractivity contribution >= 4 is 43.2 Å². The molecular weight excluding hydrogens is 664 g/mol. The monoisotopic (exact) mass is 696 g/mol. The van der Waals surface area contributed by atoms with Crippen molar-refractivity contribution in [1.82, 2.24) is 19.9 Å². The summed E-state index contributed by atoms with van der Waals surface area (Å²) in [6.07, 6.45) is -3.38. The first-order valence-corrected chi connectivity index (χ1v) is 17.4. The number of nitrogens with zero attached hydrogens (tertiary/aromatic N) is 4. The lowest BCUT2D eigenvalue weighted by Crippen LogP contribution is -2.36. The number of ether oxygens (including phenoxy) is 1. The van der Waals surface area contributed by atoms with Crippen LogP contribution in [0.4, 0.5) is 29.3 Å². The summed E-state index contributed by atoms with van der Waals surface area (Å²) in [5.41, 5.74) is 2.67. The Morgan fingerprint density at radius 3 is 2.51 bits per heavy atom. The topological polar surface area (TPSA) is 159 Å². The van der Waals surface area contributed by atoms with Gasteiger partial charge in [0.2, 0.25) is 5.95 Å². The lowest BCUT2D eigenvalue weighted by molar-refractivity contribution is -0.172. The number of halogens is 4. The summed E-state index contributed by atoms with van der Waals surface area (Å²) >= 11 is 1.40. The fourth-order valence-corrected chi connectivity index (χ4v) is 8.41. The van der Waals surface area contributed by atoms with Crippen molar-refractivity contribution in [3.8, 4) is 10.6 Å². The van der Waals surface area contributed by atoms with Crippen molar-refractivity contribution in [3.63, 3.8) is 0 Å². The molecule has 3 heterocycles. The van der Waals surface area contributed by atoms with Gasteiger partial charge in [0.05, 0.1) is 51.1 Å². The Morgan fingerprint density at radius 1 is 1.06 bits per heavy atom. The highest BCUT2D eigenvalue weighted by Crippen LogP contribution is 2.44. The molecule has 47 heavy (non-hydrogen) atoms. The number of aromatic nitrogens is 4. The number of pyridine rings is 1. The van der Waals surface area contributed by atoms with Crippen LogP contribution in [0.3, 0.4) is 0 Å². The minimum Gasteiger partial charge on any atom is -0.390 e. The molecule has 0 saturated heterocycles. The number of anilines is 2. The third-order valence-corrected chi connectivity index (χ3v) is 11.0. The van der Waals surface area contributed by atoms with Gasteiger partial charge in [-0.1, -0.05) is 0 Å². The first-order valence-electron chi connectivity index (χ1n) is 14.9. The first kappa shape index (κ1) is 33.4. The smallest absolute Gasteiger partial charge is 0.390 e. The average molecular weight is 697 g/mol. The van der Waals surface area contributed by atoms with Gasteiger partial charge in [0, 0.05) is 24.6 Å². The number of sulfone groups is 1. The van der Waals surface area contributed by atoms with E-state index >= 15 is 0 Å². The van der Waals surface area contributed by atoms with E-state index < -0.39 is 58.4 Å². The highest BCUT2D eigenvalue weighted by atomic mass is 32.2. The third kappa shape index (κ3) is 7.64. The fourth-order valence-electron chi connectivity index (χ4n) is 5.70. The summed E-state index contributed by atoms with van der Waals surface area (Å²) < 4.78 is 82.5. The number of aryl methyl sites for hydroxylation is 1. The second-order valence-corrected chi connectivity index (χ2v) is 14.8. The molecule has 0 radical (unpaired) electrons. The van der Waals surface area contributed by atoms with Crippen LogP contribution in [0.25, 0.3) is 20.8 Å². The SMILES string of the molecule is Cc1nc(NCCOCC(F)(F)F)nc(NC2C[C@H](CS(=O)(=O)c3ccc(F)cc3)[C@@H](O)[C@H]2O)c1-c1nc2c(C3CC3)nccc2s1. The van der Waals surface area contributed by atoms with Crippen molar-refractivity contribution in [1.29, 1.82) is 0 Å². The molecule has 4 N–H and O–H groups in total. The van der Waals surface area contributed by atoms with Crippen LogP contribution in [-0.2, 0) is 14.6 Å². The molecule has 11 nitrogen and oxygen atoms in total. The van der Waals surface area contributed by atoms with E-state index in [4.69, 9.17) is 4.98 Å². The van der Waals surface area contributed by atoms with Gasteiger partial charge in [-0.15, -0.1) is 11.3 Å². The third-order valence-electron chi connectivity index (χ3n) is 8.13. The molecule has 3 aromatic heterocycles. The van der Waals surface area contributed by atoms with E-state index in [1.54, 1.807) is 13.1 Å². The maximum absolute atomic E-state index is 13.4. The van der Waals surface area contributed by atoms with Gasteiger partial charge in [0.25, 0.3) is 0 Å². The van der Waals surface area contributed by atoms with Gasteiger partial charge in [0.15, 0.2) is 9.84 Å². The van der Waals surface area contributed by atoms with Crippen LogP contribution in [0.15, 0.2) is 41.4 Å². The van der Waals surface area contributed by atoms with Crippen LogP contribution in [0.2, 0.25) is 0 Å². The van der Waals surface area contributed by atoms with Gasteiger partial charge in [-0.3, -0.25) is 4.98 Å². The van der Waals surface area contributed by atoms with Crippen LogP contribution in [0.1, 0.15) is 36.6 Å². The van der Waals surface area contributed by atoms with Crippen LogP contribution < -0.4 is 10.6 Å². The van der Waals surface area contributed by atoms with Gasteiger partial charge in [-0.2, -0.15) is 18.2 Å². The van der Waals surface area contributed by atoms with Gasteiger partial charge in [0.1, 0.15) is 34.9 Å². The van der Waals surface area contributed by atoms with Gasteiger partial charge in [-0.05, 0) is 56.5 Å². The van der Waals surface area contributed by atoms with Crippen molar-refractivity contribution in [2.24, 2.45) is 5.92 Å². The molecule has 0 amide bonds. The first-order chi connectivity index (χ1) is 22.3. The van der Waals surface area contributed by atoms with Gasteiger partial charge in [-0.25, -0.2) is 22.8 Å². The van der Waals surface area contributed by atoms with Crippen LogP contribution in [0.5, 0.6) is 0 Å². The Kier molecular flexibility index (Phi) is 9.37. The van der Waals surface area contributed by atoms with E-state index in [1.807, 2.05) is 6.07 Å². The molecule has 1 aromatic carbocycles. The second-order valence-electron chi connectivity index (χ2n) is 11.8. The molecule has 2 aliphatic carbocycles. The molecule has 2 fully saturated rings. The van der Waals surface area contributed by atoms with E-state index in [-0.39, 0.29) is 36.2 Å². The number of fused-ring (bicyclic) bond motifs is 1. The largest absolute Gasteiger partial charge is 0.411 e. The minimum absolute atomic E-state index is 0.0278. The fraction of sp³-hybridized carbons (Fsp3) is 0.467. The number of thiazole rings is 1. The summed E-state index contributed by atoms with van der Waals surface area (Å²) in [7, 11) is -3.92. The normalized spacial score (nSPS) is 21.8. The molecule has 0 bridgehead atoms. The molecule has 252 valence electrons. The van der Waals surface area contributed by atoms with Crippen LogP contribution in [-0.4, -0.2) is 88.5 Å². The minimum atomic E-state index is -4.46. The van der Waals surface area contributed by atoms with Crippen molar-refractivity contribution in [3.05, 3.63) is 53.7 Å². The zero-order valence-electron chi connectivity index (χ0n) is 25.0. The zero-order valence-corrected chi connectivity index (χ0v) is 26.7. The van der Waals surface area contributed by atoms with E-state index in [0.717, 1.165) is 53.0 Å². The van der Waals surface area contributed by atoms with E-state index in [1.165, 1.54) is 11.3 Å². The number of hydrogen-bond acceptors (Lipinski definition) is 12. The van der Waals surface area contributed by atoms with Crippen molar-refractivity contribution in [2.45, 2.75) is 61.4 Å². The summed E-state index contributed by atoms with van der Waals surface area (Å²) in [5, 5.41) is 28.5. The lowest BCUT2D eigenvalue weighted by atomic mass is 10.1. The number of hydrogen-bond donors (Lipinski definition) is 4. The molecular formula is C30H32F4N6O5S2. The summed E-state index contributed by atoms with van der Waals surface area (Å²) in [6.45, 7) is 0.0339. The Balaban J connectivity index is 1.28. The van der Waals surface area contributed by atoms with Crippen molar-refractivity contribution < 1.29 is 40.9 Å². The Hall–Kier alpha value is -3.51. The number of benzene rings is 1. The van der Waals surface area contributed by atoms with Gasteiger partial charge >= 0.3 is 6.18 Å². The Bertz CT molecular complexity index is 1850. The maximum Gasteiger partial charge on any atom is 0.411 e. The van der Waals surface area contributed by atoms with E-state index in [0.29, 0.717) is 22.2 Å². The number of alkyl halides is 3. The van der Waals surface area contributed by atoms with E-state index in [2.05, 4.69) is 30.3 Å². The highest BCUT2D eigenvalue weighted by molar-refractivity contribution is 7.91. The molecule has 0 aliphatic heterocycles. The zero-order chi connectivity index (χ0) is 33.5. The second kappa shape index (κ2) is 13.2. The van der Waals surface area contributed by atoms with E-state index in [9.17, 15) is 36.2 Å². The number of aliphatic hydroxyl groups is 2. The predicted molar refractivity (Wildman–Crippen MR) is 167 cm³/mol.